The van der Waals surface area contributed by atoms with Gasteiger partial charge in [0.1, 0.15) is 0 Å². The summed E-state index contributed by atoms with van der Waals surface area (Å²) in [5.41, 5.74) is -1.21. The number of nitro benzene ring substituents is 2. The molecule has 1 aromatic carbocycles. The van der Waals surface area contributed by atoms with Crippen molar-refractivity contribution in [3.8, 4) is 0 Å². The van der Waals surface area contributed by atoms with Crippen molar-refractivity contribution >= 4 is 23.2 Å². The van der Waals surface area contributed by atoms with Crippen molar-refractivity contribution in [2.45, 2.75) is 25.8 Å². The summed E-state index contributed by atoms with van der Waals surface area (Å²) in [5, 5.41) is 24.7. The zero-order chi connectivity index (χ0) is 18.0. The van der Waals surface area contributed by atoms with E-state index < -0.39 is 27.1 Å². The van der Waals surface area contributed by atoms with E-state index in [2.05, 4.69) is 5.32 Å². The van der Waals surface area contributed by atoms with Crippen LogP contribution < -0.4 is 5.32 Å². The molecule has 0 aliphatic heterocycles. The number of benzene rings is 1. The van der Waals surface area contributed by atoms with Gasteiger partial charge in [0.05, 0.1) is 28.0 Å². The molecule has 0 atom stereocenters. The summed E-state index contributed by atoms with van der Waals surface area (Å²) >= 11 is 0. The Bertz CT molecular complexity index is 728. The fraction of sp³-hybridized carbons (Fsp3) is 0.429. The van der Waals surface area contributed by atoms with E-state index in [4.69, 9.17) is 0 Å². The summed E-state index contributed by atoms with van der Waals surface area (Å²) in [7, 11) is 1.36. The van der Waals surface area contributed by atoms with Gasteiger partial charge in [-0.15, -0.1) is 0 Å². The predicted octanol–water partition coefficient (Wildman–Crippen LogP) is 1.16. The van der Waals surface area contributed by atoms with E-state index in [0.29, 0.717) is 0 Å². The lowest BCUT2D eigenvalue weighted by Crippen LogP contribution is -2.39. The van der Waals surface area contributed by atoms with Gasteiger partial charge < -0.3 is 10.2 Å². The van der Waals surface area contributed by atoms with E-state index in [1.807, 2.05) is 0 Å². The van der Waals surface area contributed by atoms with Gasteiger partial charge in [-0.2, -0.15) is 0 Å². The van der Waals surface area contributed by atoms with Gasteiger partial charge in [0, 0.05) is 24.7 Å². The van der Waals surface area contributed by atoms with Gasteiger partial charge in [-0.3, -0.25) is 29.8 Å². The van der Waals surface area contributed by atoms with Crippen molar-refractivity contribution in [2.75, 3.05) is 13.6 Å². The Kier molecular flexibility index (Phi) is 4.77. The number of nitrogens with zero attached hydrogens (tertiary/aromatic N) is 3. The van der Waals surface area contributed by atoms with Crippen LogP contribution >= 0.6 is 0 Å². The average Bonchev–Trinajstić information content (AvgIpc) is 3.29. The molecule has 10 heteroatoms. The molecule has 2 amide bonds. The summed E-state index contributed by atoms with van der Waals surface area (Å²) in [6.45, 7) is 1.11. The number of carbonyl (C=O) groups excluding carboxylic acids is 2. The second-order valence-corrected chi connectivity index (χ2v) is 5.65. The maximum atomic E-state index is 12.5. The standard InChI is InChI=1S/C14H16N4O6/c1-8-11(5-10(17(21)22)6-12(8)18(23)24)14(20)16(2)7-13(19)15-9-3-4-9/h5-6,9H,3-4,7H2,1-2H3,(H,15,19). The van der Waals surface area contributed by atoms with Gasteiger partial charge in [0.2, 0.25) is 5.91 Å². The van der Waals surface area contributed by atoms with E-state index in [0.717, 1.165) is 29.9 Å². The summed E-state index contributed by atoms with van der Waals surface area (Å²) in [6, 6.07) is 1.94. The quantitative estimate of drug-likeness (QED) is 0.611. The van der Waals surface area contributed by atoms with E-state index in [1.165, 1.54) is 14.0 Å². The number of hydrogen-bond acceptors (Lipinski definition) is 6. The second-order valence-electron chi connectivity index (χ2n) is 5.65. The third-order valence-corrected chi connectivity index (χ3v) is 3.67. The minimum Gasteiger partial charge on any atom is -0.352 e. The Morgan fingerprint density at radius 1 is 1.25 bits per heavy atom. The monoisotopic (exact) mass is 336 g/mol. The van der Waals surface area contributed by atoms with Crippen LogP contribution in [0.2, 0.25) is 0 Å². The van der Waals surface area contributed by atoms with Crippen LogP contribution in [0.1, 0.15) is 28.8 Å². The van der Waals surface area contributed by atoms with E-state index >= 15 is 0 Å². The molecule has 128 valence electrons. The maximum Gasteiger partial charge on any atom is 0.279 e. The summed E-state index contributed by atoms with van der Waals surface area (Å²) in [4.78, 5) is 45.7. The molecule has 1 saturated carbocycles. The van der Waals surface area contributed by atoms with E-state index in [9.17, 15) is 29.8 Å². The van der Waals surface area contributed by atoms with Crippen molar-refractivity contribution in [3.05, 3.63) is 43.5 Å². The van der Waals surface area contributed by atoms with Crippen LogP contribution in [0.3, 0.4) is 0 Å². The largest absolute Gasteiger partial charge is 0.352 e. The van der Waals surface area contributed by atoms with E-state index in [1.54, 1.807) is 0 Å². The minimum atomic E-state index is -0.803. The van der Waals surface area contributed by atoms with Crippen LogP contribution in [0.15, 0.2) is 12.1 Å². The zero-order valence-electron chi connectivity index (χ0n) is 13.1. The first-order chi connectivity index (χ1) is 11.2. The molecule has 0 radical (unpaired) electrons. The Morgan fingerprint density at radius 2 is 1.88 bits per heavy atom. The predicted molar refractivity (Wildman–Crippen MR) is 82.6 cm³/mol. The molecule has 0 heterocycles. The first kappa shape index (κ1) is 17.3. The zero-order valence-corrected chi connectivity index (χ0v) is 13.1. The third kappa shape index (κ3) is 3.83. The van der Waals surface area contributed by atoms with Gasteiger partial charge in [0.15, 0.2) is 0 Å². The highest BCUT2D eigenvalue weighted by molar-refractivity contribution is 5.99. The van der Waals surface area contributed by atoms with Gasteiger partial charge in [0.25, 0.3) is 17.3 Å². The molecule has 0 unspecified atom stereocenters. The van der Waals surface area contributed by atoms with Gasteiger partial charge in [-0.25, -0.2) is 0 Å². The second kappa shape index (κ2) is 6.60. The van der Waals surface area contributed by atoms with Crippen LogP contribution in [0.5, 0.6) is 0 Å². The van der Waals surface area contributed by atoms with Crippen LogP contribution in [0.4, 0.5) is 11.4 Å². The first-order valence-electron chi connectivity index (χ1n) is 7.19. The number of likely N-dealkylation sites (N-methyl/N-ethyl adjacent to an activating group) is 1. The SMILES string of the molecule is Cc1c(C(=O)N(C)CC(=O)NC2CC2)cc([N+](=O)[O-])cc1[N+](=O)[O-]. The lowest BCUT2D eigenvalue weighted by atomic mass is 10.0. The fourth-order valence-electron chi connectivity index (χ4n) is 2.20. The first-order valence-corrected chi connectivity index (χ1v) is 7.19. The molecule has 10 nitrogen and oxygen atoms in total. The molecule has 1 aliphatic rings. The molecule has 0 spiro atoms. The number of nitro groups is 2. The van der Waals surface area contributed by atoms with E-state index in [-0.39, 0.29) is 29.6 Å². The van der Waals surface area contributed by atoms with Crippen molar-refractivity contribution in [1.82, 2.24) is 10.2 Å². The summed E-state index contributed by atoms with van der Waals surface area (Å²) in [5.74, 6) is -1.03. The molecule has 0 aromatic heterocycles. The van der Waals surface area contributed by atoms with Crippen LogP contribution in [0, 0.1) is 27.2 Å². The highest BCUT2D eigenvalue weighted by atomic mass is 16.6. The van der Waals surface area contributed by atoms with Crippen molar-refractivity contribution < 1.29 is 19.4 Å². The Morgan fingerprint density at radius 3 is 2.38 bits per heavy atom. The molecule has 24 heavy (non-hydrogen) atoms. The Labute approximate surface area is 136 Å². The molecule has 1 aliphatic carbocycles. The lowest BCUT2D eigenvalue weighted by molar-refractivity contribution is -0.394. The summed E-state index contributed by atoms with van der Waals surface area (Å²) in [6.07, 6.45) is 1.80. The van der Waals surface area contributed by atoms with Crippen molar-refractivity contribution in [3.63, 3.8) is 0 Å². The molecule has 0 bridgehead atoms. The normalized spacial score (nSPS) is 13.2. The average molecular weight is 336 g/mol. The van der Waals surface area contributed by atoms with Crippen LogP contribution in [-0.4, -0.2) is 46.2 Å². The van der Waals surface area contributed by atoms with Gasteiger partial charge in [-0.05, 0) is 19.8 Å². The number of nitrogens with one attached hydrogen (secondary N) is 1. The van der Waals surface area contributed by atoms with Gasteiger partial charge >= 0.3 is 0 Å². The Hall–Kier alpha value is -3.04. The molecule has 2 rings (SSSR count). The summed E-state index contributed by atoms with van der Waals surface area (Å²) < 4.78 is 0. The number of hydrogen-bond donors (Lipinski definition) is 1. The highest BCUT2D eigenvalue weighted by Gasteiger charge is 2.28. The molecule has 1 aromatic rings. The molecule has 0 saturated heterocycles. The fourth-order valence-corrected chi connectivity index (χ4v) is 2.20. The van der Waals surface area contributed by atoms with Crippen LogP contribution in [0.25, 0.3) is 0 Å². The molecule has 1 fully saturated rings. The van der Waals surface area contributed by atoms with Crippen molar-refractivity contribution in [2.24, 2.45) is 0 Å². The number of amides is 2. The molecular weight excluding hydrogens is 320 g/mol. The lowest BCUT2D eigenvalue weighted by Gasteiger charge is -2.17. The number of rotatable bonds is 6. The van der Waals surface area contributed by atoms with Crippen LogP contribution in [-0.2, 0) is 4.79 Å². The minimum absolute atomic E-state index is 0.0186. The number of carbonyl (C=O) groups is 2. The third-order valence-electron chi connectivity index (χ3n) is 3.67. The maximum absolute atomic E-state index is 12.5. The Balaban J connectivity index is 2.27. The van der Waals surface area contributed by atoms with Gasteiger partial charge in [-0.1, -0.05) is 0 Å². The number of non-ortho nitro benzene ring substituents is 1. The molecule has 1 N–H and O–H groups in total. The highest BCUT2D eigenvalue weighted by Crippen LogP contribution is 2.28. The molecular formula is C14H16N4O6. The topological polar surface area (TPSA) is 136 Å². The smallest absolute Gasteiger partial charge is 0.279 e. The van der Waals surface area contributed by atoms with Crippen molar-refractivity contribution in [1.29, 1.82) is 0 Å².